The lowest BCUT2D eigenvalue weighted by Crippen LogP contribution is -2.06. The van der Waals surface area contributed by atoms with Crippen LogP contribution >= 0.6 is 0 Å². The number of allylic oxidation sites excluding steroid dienone is 4. The van der Waals surface area contributed by atoms with Gasteiger partial charge in [0.15, 0.2) is 5.78 Å². The van der Waals surface area contributed by atoms with Gasteiger partial charge >= 0.3 is 0 Å². The number of aromatic nitrogens is 1. The zero-order valence-corrected chi connectivity index (χ0v) is 9.02. The Bertz CT molecular complexity index is 485. The Balaban J connectivity index is 1.94. The summed E-state index contributed by atoms with van der Waals surface area (Å²) in [5.41, 5.74) is 3.52. The van der Waals surface area contributed by atoms with E-state index in [2.05, 4.69) is 17.1 Å². The van der Waals surface area contributed by atoms with Crippen LogP contribution in [-0.4, -0.2) is 10.8 Å². The summed E-state index contributed by atoms with van der Waals surface area (Å²) in [7, 11) is 0. The monoisotopic (exact) mass is 211 g/mol. The molecule has 1 heterocycles. The van der Waals surface area contributed by atoms with Gasteiger partial charge in [-0.3, -0.25) is 9.78 Å². The zero-order chi connectivity index (χ0) is 11.0. The van der Waals surface area contributed by atoms with E-state index in [4.69, 9.17) is 0 Å². The summed E-state index contributed by atoms with van der Waals surface area (Å²) in [5.74, 6) is 0.791. The number of fused-ring (bicyclic) bond motifs is 1. The molecule has 0 N–H and O–H groups in total. The van der Waals surface area contributed by atoms with Crippen molar-refractivity contribution in [2.75, 3.05) is 0 Å². The van der Waals surface area contributed by atoms with Crippen LogP contribution in [0, 0.1) is 5.92 Å². The van der Waals surface area contributed by atoms with Gasteiger partial charge in [-0.2, -0.15) is 0 Å². The van der Waals surface area contributed by atoms with Crippen molar-refractivity contribution < 1.29 is 4.79 Å². The van der Waals surface area contributed by atoms with E-state index in [1.807, 2.05) is 18.3 Å². The molecule has 0 saturated heterocycles. The number of rotatable bonds is 1. The number of Topliss-reactive ketones (excluding diaryl/α,β-unsaturated/α-hetero) is 1. The fourth-order valence-electron chi connectivity index (χ4n) is 2.56. The molecule has 0 aliphatic heterocycles. The molecule has 0 aromatic carbocycles. The molecule has 0 radical (unpaired) electrons. The molecule has 2 aliphatic carbocycles. The minimum absolute atomic E-state index is 0.339. The molecule has 2 nitrogen and oxygen atoms in total. The SMILES string of the molecule is O=C1CCC2CC(c3cccnc3)=CC=C12. The molecule has 1 aromatic rings. The minimum atomic E-state index is 0.339. The standard InChI is InChI=1S/C14H13NO/c16-14-6-4-11-8-10(3-5-13(11)14)12-2-1-7-15-9-12/h1-3,5,7,9,11H,4,6,8H2. The summed E-state index contributed by atoms with van der Waals surface area (Å²) in [6.45, 7) is 0. The average Bonchev–Trinajstić information content (AvgIpc) is 2.72. The molecule has 16 heavy (non-hydrogen) atoms. The predicted molar refractivity (Wildman–Crippen MR) is 62.6 cm³/mol. The summed E-state index contributed by atoms with van der Waals surface area (Å²) in [5, 5.41) is 0. The van der Waals surface area contributed by atoms with E-state index in [1.54, 1.807) is 6.20 Å². The first-order valence-electron chi connectivity index (χ1n) is 5.69. The van der Waals surface area contributed by atoms with Crippen molar-refractivity contribution in [1.29, 1.82) is 0 Å². The third kappa shape index (κ3) is 1.51. The molecule has 0 spiro atoms. The van der Waals surface area contributed by atoms with Crippen LogP contribution in [-0.2, 0) is 4.79 Å². The van der Waals surface area contributed by atoms with Crippen LogP contribution < -0.4 is 0 Å². The second-order valence-electron chi connectivity index (χ2n) is 4.42. The van der Waals surface area contributed by atoms with Gasteiger partial charge in [-0.25, -0.2) is 0 Å². The number of carbonyl (C=O) groups is 1. The Morgan fingerprint density at radius 1 is 1.31 bits per heavy atom. The predicted octanol–water partition coefficient (Wildman–Crippen LogP) is 2.77. The van der Waals surface area contributed by atoms with Crippen LogP contribution in [0.4, 0.5) is 0 Å². The first-order chi connectivity index (χ1) is 7.84. The first-order valence-corrected chi connectivity index (χ1v) is 5.69. The summed E-state index contributed by atoms with van der Waals surface area (Å²) >= 11 is 0. The second kappa shape index (κ2) is 3.71. The lowest BCUT2D eigenvalue weighted by Gasteiger charge is -2.17. The van der Waals surface area contributed by atoms with E-state index in [0.29, 0.717) is 11.7 Å². The van der Waals surface area contributed by atoms with E-state index in [9.17, 15) is 4.79 Å². The number of pyridine rings is 1. The molecule has 3 rings (SSSR count). The van der Waals surface area contributed by atoms with Crippen molar-refractivity contribution >= 4 is 11.4 Å². The Kier molecular flexibility index (Phi) is 2.21. The lowest BCUT2D eigenvalue weighted by molar-refractivity contribution is -0.114. The highest BCUT2D eigenvalue weighted by atomic mass is 16.1. The highest BCUT2D eigenvalue weighted by molar-refractivity contribution is 5.99. The van der Waals surface area contributed by atoms with E-state index in [0.717, 1.165) is 24.8 Å². The second-order valence-corrected chi connectivity index (χ2v) is 4.42. The van der Waals surface area contributed by atoms with Crippen LogP contribution in [0.25, 0.3) is 5.57 Å². The Hall–Kier alpha value is -1.70. The van der Waals surface area contributed by atoms with E-state index >= 15 is 0 Å². The number of hydrogen-bond donors (Lipinski definition) is 0. The first kappa shape index (κ1) is 9.52. The Labute approximate surface area is 94.7 Å². The summed E-state index contributed by atoms with van der Waals surface area (Å²) in [4.78, 5) is 15.7. The van der Waals surface area contributed by atoms with Crippen LogP contribution in [0.3, 0.4) is 0 Å². The molecular formula is C14H13NO. The molecule has 2 heteroatoms. The Morgan fingerprint density at radius 2 is 2.25 bits per heavy atom. The van der Waals surface area contributed by atoms with Crippen molar-refractivity contribution in [2.24, 2.45) is 5.92 Å². The third-order valence-corrected chi connectivity index (χ3v) is 3.44. The average molecular weight is 211 g/mol. The van der Waals surface area contributed by atoms with Crippen molar-refractivity contribution in [2.45, 2.75) is 19.3 Å². The van der Waals surface area contributed by atoms with E-state index in [1.165, 1.54) is 11.1 Å². The zero-order valence-electron chi connectivity index (χ0n) is 9.02. The highest BCUT2D eigenvalue weighted by Crippen LogP contribution is 2.38. The molecule has 1 fully saturated rings. The molecule has 1 saturated carbocycles. The maximum Gasteiger partial charge on any atom is 0.159 e. The van der Waals surface area contributed by atoms with Gasteiger partial charge in [0.25, 0.3) is 0 Å². The number of hydrogen-bond acceptors (Lipinski definition) is 2. The van der Waals surface area contributed by atoms with Gasteiger partial charge in [0.05, 0.1) is 0 Å². The van der Waals surface area contributed by atoms with Crippen LogP contribution in [0.5, 0.6) is 0 Å². The van der Waals surface area contributed by atoms with E-state index in [-0.39, 0.29) is 0 Å². The lowest BCUT2D eigenvalue weighted by atomic mass is 9.86. The molecule has 0 amide bonds. The summed E-state index contributed by atoms with van der Waals surface area (Å²) in [6.07, 6.45) is 10.5. The smallest absolute Gasteiger partial charge is 0.159 e. The minimum Gasteiger partial charge on any atom is -0.295 e. The topological polar surface area (TPSA) is 30.0 Å². The molecule has 80 valence electrons. The van der Waals surface area contributed by atoms with Crippen LogP contribution in [0.15, 0.2) is 42.3 Å². The van der Waals surface area contributed by atoms with Crippen molar-refractivity contribution in [3.05, 3.63) is 47.8 Å². The van der Waals surface area contributed by atoms with Crippen molar-refractivity contribution in [1.82, 2.24) is 4.98 Å². The Morgan fingerprint density at radius 3 is 3.06 bits per heavy atom. The van der Waals surface area contributed by atoms with E-state index < -0.39 is 0 Å². The maximum absolute atomic E-state index is 11.5. The summed E-state index contributed by atoms with van der Waals surface area (Å²) < 4.78 is 0. The maximum atomic E-state index is 11.5. The van der Waals surface area contributed by atoms with Crippen molar-refractivity contribution in [3.8, 4) is 0 Å². The van der Waals surface area contributed by atoms with Crippen LogP contribution in [0.1, 0.15) is 24.8 Å². The molecule has 1 atom stereocenters. The fraction of sp³-hybridized carbons (Fsp3) is 0.286. The van der Waals surface area contributed by atoms with Gasteiger partial charge in [0, 0.05) is 18.8 Å². The quantitative estimate of drug-likeness (QED) is 0.715. The van der Waals surface area contributed by atoms with Gasteiger partial charge in [-0.1, -0.05) is 18.2 Å². The normalized spacial score (nSPS) is 23.8. The molecule has 2 aliphatic rings. The fourth-order valence-corrected chi connectivity index (χ4v) is 2.56. The number of carbonyl (C=O) groups excluding carboxylic acids is 1. The van der Waals surface area contributed by atoms with Crippen molar-refractivity contribution in [3.63, 3.8) is 0 Å². The molecule has 1 unspecified atom stereocenters. The van der Waals surface area contributed by atoms with Gasteiger partial charge in [-0.05, 0) is 41.5 Å². The molecular weight excluding hydrogens is 198 g/mol. The number of ketones is 1. The van der Waals surface area contributed by atoms with Gasteiger partial charge < -0.3 is 0 Å². The van der Waals surface area contributed by atoms with Gasteiger partial charge in [0.2, 0.25) is 0 Å². The molecule has 1 aromatic heterocycles. The number of nitrogens with zero attached hydrogens (tertiary/aromatic N) is 1. The van der Waals surface area contributed by atoms with Gasteiger partial charge in [-0.15, -0.1) is 0 Å². The highest BCUT2D eigenvalue weighted by Gasteiger charge is 2.30. The van der Waals surface area contributed by atoms with Gasteiger partial charge in [0.1, 0.15) is 0 Å². The summed E-state index contributed by atoms with van der Waals surface area (Å²) in [6, 6.07) is 4.03. The largest absolute Gasteiger partial charge is 0.295 e. The van der Waals surface area contributed by atoms with Crippen LogP contribution in [0.2, 0.25) is 0 Å². The third-order valence-electron chi connectivity index (χ3n) is 3.44. The molecule has 0 bridgehead atoms.